The molecule has 0 aromatic heterocycles. The summed E-state index contributed by atoms with van der Waals surface area (Å²) in [6, 6.07) is 3.89. The van der Waals surface area contributed by atoms with Crippen LogP contribution in [0.15, 0.2) is 18.2 Å². The van der Waals surface area contributed by atoms with Crippen LogP contribution in [0.4, 0.5) is 0 Å². The Balaban J connectivity index is 1.98. The van der Waals surface area contributed by atoms with Crippen molar-refractivity contribution in [3.05, 3.63) is 28.2 Å². The van der Waals surface area contributed by atoms with Crippen molar-refractivity contribution >= 4 is 35.1 Å². The summed E-state index contributed by atoms with van der Waals surface area (Å²) in [6.45, 7) is 0.204. The number of amides is 1. The summed E-state index contributed by atoms with van der Waals surface area (Å²) >= 11 is 11.7. The molecule has 21 heavy (non-hydrogen) atoms. The predicted molar refractivity (Wildman–Crippen MR) is 78.9 cm³/mol. The van der Waals surface area contributed by atoms with E-state index in [9.17, 15) is 9.59 Å². The molecule has 114 valence electrons. The number of rotatable bonds is 4. The average molecular weight is 332 g/mol. The molecular formula is C14H15Cl2NO4. The van der Waals surface area contributed by atoms with Crippen molar-refractivity contribution in [1.82, 2.24) is 4.90 Å². The molecule has 0 aliphatic carbocycles. The fourth-order valence-corrected chi connectivity index (χ4v) is 2.83. The molecule has 1 fully saturated rings. The largest absolute Gasteiger partial charge is 0.484 e. The molecular weight excluding hydrogens is 317 g/mol. The topological polar surface area (TPSA) is 66.8 Å². The number of ether oxygens (including phenoxy) is 1. The maximum absolute atomic E-state index is 12.1. The Hall–Kier alpha value is -1.46. The van der Waals surface area contributed by atoms with Crippen LogP contribution < -0.4 is 4.74 Å². The number of halogens is 2. The van der Waals surface area contributed by atoms with Gasteiger partial charge >= 0.3 is 5.97 Å². The third-order valence-electron chi connectivity index (χ3n) is 3.31. The van der Waals surface area contributed by atoms with E-state index >= 15 is 0 Å². The fourth-order valence-electron chi connectivity index (χ4n) is 2.33. The number of carboxylic acids is 1. The zero-order valence-electron chi connectivity index (χ0n) is 11.2. The number of carbonyl (C=O) groups excluding carboxylic acids is 1. The third-order valence-corrected chi connectivity index (χ3v) is 3.74. The minimum atomic E-state index is -0.978. The number of likely N-dealkylation sites (tertiary alicyclic amines) is 1. The number of hydrogen-bond acceptors (Lipinski definition) is 3. The van der Waals surface area contributed by atoms with Gasteiger partial charge in [-0.05, 0) is 37.5 Å². The Morgan fingerprint density at radius 1 is 1.24 bits per heavy atom. The summed E-state index contributed by atoms with van der Waals surface area (Å²) in [4.78, 5) is 24.7. The quantitative estimate of drug-likeness (QED) is 0.921. The molecule has 1 N–H and O–H groups in total. The van der Waals surface area contributed by atoms with Gasteiger partial charge in [-0.1, -0.05) is 23.2 Å². The summed E-state index contributed by atoms with van der Waals surface area (Å²) in [7, 11) is 0. The number of carbonyl (C=O) groups is 2. The number of nitrogens with zero attached hydrogens (tertiary/aromatic N) is 1. The first-order valence-corrected chi connectivity index (χ1v) is 7.34. The van der Waals surface area contributed by atoms with Gasteiger partial charge < -0.3 is 14.7 Å². The average Bonchev–Trinajstić information content (AvgIpc) is 2.43. The minimum absolute atomic E-state index is 0.236. The number of aliphatic carboxylic acids is 1. The molecule has 1 heterocycles. The predicted octanol–water partition coefficient (Wildman–Crippen LogP) is 2.84. The normalized spacial score (nSPS) is 18.4. The number of benzene rings is 1. The van der Waals surface area contributed by atoms with Crippen LogP contribution in [-0.4, -0.2) is 41.1 Å². The summed E-state index contributed by atoms with van der Waals surface area (Å²) < 4.78 is 5.36. The molecule has 1 aromatic carbocycles. The first-order chi connectivity index (χ1) is 9.97. The van der Waals surface area contributed by atoms with Crippen LogP contribution in [0.2, 0.25) is 10.0 Å². The molecule has 1 aromatic rings. The monoisotopic (exact) mass is 331 g/mol. The lowest BCUT2D eigenvalue weighted by Crippen LogP contribution is -2.49. The molecule has 1 unspecified atom stereocenters. The lowest BCUT2D eigenvalue weighted by atomic mass is 10.0. The highest BCUT2D eigenvalue weighted by atomic mass is 35.5. The van der Waals surface area contributed by atoms with E-state index in [4.69, 9.17) is 33.0 Å². The van der Waals surface area contributed by atoms with Crippen molar-refractivity contribution in [2.24, 2.45) is 0 Å². The number of carboxylic acid groups (broad SMARTS) is 1. The molecule has 0 radical (unpaired) electrons. The molecule has 0 spiro atoms. The highest BCUT2D eigenvalue weighted by Crippen LogP contribution is 2.24. The van der Waals surface area contributed by atoms with Gasteiger partial charge in [0.25, 0.3) is 5.91 Å². The molecule has 1 aliphatic heterocycles. The van der Waals surface area contributed by atoms with Crippen molar-refractivity contribution in [1.29, 1.82) is 0 Å². The van der Waals surface area contributed by atoms with Gasteiger partial charge in [-0.2, -0.15) is 0 Å². The van der Waals surface area contributed by atoms with E-state index in [0.717, 1.165) is 12.8 Å². The van der Waals surface area contributed by atoms with Crippen molar-refractivity contribution < 1.29 is 19.4 Å². The van der Waals surface area contributed by atoms with E-state index in [1.54, 1.807) is 18.2 Å². The molecule has 7 heteroatoms. The van der Waals surface area contributed by atoms with E-state index in [2.05, 4.69) is 0 Å². The Bertz CT molecular complexity index is 530. The van der Waals surface area contributed by atoms with Gasteiger partial charge in [0.05, 0.1) is 0 Å². The maximum atomic E-state index is 12.1. The van der Waals surface area contributed by atoms with E-state index in [1.807, 2.05) is 0 Å². The number of piperidine rings is 1. The second kappa shape index (κ2) is 7.00. The zero-order valence-corrected chi connectivity index (χ0v) is 12.7. The van der Waals surface area contributed by atoms with Gasteiger partial charge in [0.1, 0.15) is 11.8 Å². The number of hydrogen-bond donors (Lipinski definition) is 1. The fraction of sp³-hybridized carbons (Fsp3) is 0.429. The zero-order chi connectivity index (χ0) is 15.4. The van der Waals surface area contributed by atoms with Crippen molar-refractivity contribution in [2.45, 2.75) is 25.3 Å². The van der Waals surface area contributed by atoms with Gasteiger partial charge in [0.15, 0.2) is 6.61 Å². The van der Waals surface area contributed by atoms with Gasteiger partial charge in [0.2, 0.25) is 0 Å². The molecule has 2 rings (SSSR count). The maximum Gasteiger partial charge on any atom is 0.326 e. The Morgan fingerprint density at radius 2 is 1.90 bits per heavy atom. The molecule has 1 amide bonds. The van der Waals surface area contributed by atoms with E-state index in [0.29, 0.717) is 28.8 Å². The van der Waals surface area contributed by atoms with Crippen LogP contribution in [0.3, 0.4) is 0 Å². The van der Waals surface area contributed by atoms with E-state index in [-0.39, 0.29) is 12.5 Å². The van der Waals surface area contributed by atoms with Gasteiger partial charge in [-0.25, -0.2) is 4.79 Å². The molecule has 1 saturated heterocycles. The van der Waals surface area contributed by atoms with Crippen LogP contribution in [0.5, 0.6) is 5.75 Å². The van der Waals surface area contributed by atoms with Gasteiger partial charge in [-0.15, -0.1) is 0 Å². The van der Waals surface area contributed by atoms with Crippen LogP contribution in [0.25, 0.3) is 0 Å². The summed E-state index contributed by atoms with van der Waals surface area (Å²) in [6.07, 6.45) is 2.09. The lowest BCUT2D eigenvalue weighted by molar-refractivity contribution is -0.152. The minimum Gasteiger partial charge on any atom is -0.484 e. The highest BCUT2D eigenvalue weighted by Gasteiger charge is 2.31. The Morgan fingerprint density at radius 3 is 2.52 bits per heavy atom. The van der Waals surface area contributed by atoms with Crippen LogP contribution >= 0.6 is 23.2 Å². The second-order valence-electron chi connectivity index (χ2n) is 4.83. The molecule has 0 bridgehead atoms. The molecule has 0 saturated carbocycles. The van der Waals surface area contributed by atoms with Crippen LogP contribution in [0.1, 0.15) is 19.3 Å². The van der Waals surface area contributed by atoms with Crippen molar-refractivity contribution in [3.8, 4) is 5.75 Å². The van der Waals surface area contributed by atoms with Crippen molar-refractivity contribution in [2.75, 3.05) is 13.2 Å². The molecule has 1 atom stereocenters. The summed E-state index contributed by atoms with van der Waals surface area (Å²) in [5.74, 6) is -0.947. The summed E-state index contributed by atoms with van der Waals surface area (Å²) in [5, 5.41) is 9.96. The lowest BCUT2D eigenvalue weighted by Gasteiger charge is -2.32. The second-order valence-corrected chi connectivity index (χ2v) is 5.70. The molecule has 1 aliphatic rings. The van der Waals surface area contributed by atoms with E-state index in [1.165, 1.54) is 4.90 Å². The van der Waals surface area contributed by atoms with Crippen molar-refractivity contribution in [3.63, 3.8) is 0 Å². The standard InChI is InChI=1S/C14H15Cl2NO4/c15-9-5-10(16)7-11(6-9)21-8-13(18)17-4-2-1-3-12(17)14(19)20/h5-7,12H,1-4,8H2,(H,19,20). The molecule has 5 nitrogen and oxygen atoms in total. The third kappa shape index (κ3) is 4.25. The first-order valence-electron chi connectivity index (χ1n) is 6.58. The van der Waals surface area contributed by atoms with Crippen LogP contribution in [0, 0.1) is 0 Å². The van der Waals surface area contributed by atoms with E-state index < -0.39 is 12.0 Å². The van der Waals surface area contributed by atoms with Gasteiger partial charge in [-0.3, -0.25) is 4.79 Å². The van der Waals surface area contributed by atoms with Crippen LogP contribution in [-0.2, 0) is 9.59 Å². The van der Waals surface area contributed by atoms with Gasteiger partial charge in [0, 0.05) is 16.6 Å². The smallest absolute Gasteiger partial charge is 0.326 e. The SMILES string of the molecule is O=C(O)C1CCCCN1C(=O)COc1cc(Cl)cc(Cl)c1. The Kier molecular flexibility index (Phi) is 5.31. The highest BCUT2D eigenvalue weighted by molar-refractivity contribution is 6.34. The summed E-state index contributed by atoms with van der Waals surface area (Å²) in [5.41, 5.74) is 0. The Labute approximate surface area is 132 Å². The first kappa shape index (κ1) is 15.9.